The lowest BCUT2D eigenvalue weighted by atomic mass is 10.0. The summed E-state index contributed by atoms with van der Waals surface area (Å²) in [5.74, 6) is 1.23. The molecular weight excluding hydrogens is 328 g/mol. The van der Waals surface area contributed by atoms with E-state index in [-0.39, 0.29) is 11.9 Å². The second kappa shape index (κ2) is 7.36. The van der Waals surface area contributed by atoms with Gasteiger partial charge in [-0.15, -0.1) is 11.8 Å². The molecule has 3 aromatic rings. The van der Waals surface area contributed by atoms with Gasteiger partial charge in [0.15, 0.2) is 0 Å². The van der Waals surface area contributed by atoms with Crippen molar-refractivity contribution in [2.24, 2.45) is 0 Å². The normalized spacial score (nSPS) is 16.6. The van der Waals surface area contributed by atoms with Crippen LogP contribution in [0.3, 0.4) is 0 Å². The zero-order valence-electron chi connectivity index (χ0n) is 14.1. The molecule has 1 aromatic heterocycles. The van der Waals surface area contributed by atoms with Gasteiger partial charge in [0, 0.05) is 34.2 Å². The van der Waals surface area contributed by atoms with Crippen LogP contribution in [0.2, 0.25) is 0 Å². The van der Waals surface area contributed by atoms with Crippen molar-refractivity contribution >= 4 is 28.6 Å². The van der Waals surface area contributed by atoms with Crippen LogP contribution >= 0.6 is 11.8 Å². The van der Waals surface area contributed by atoms with Crippen molar-refractivity contribution in [1.82, 2.24) is 10.3 Å². The molecule has 0 radical (unpaired) electrons. The number of aromatic amines is 1. The number of carbonyl (C=O) groups excluding carboxylic acids is 1. The van der Waals surface area contributed by atoms with Gasteiger partial charge in [0.25, 0.3) is 0 Å². The lowest BCUT2D eigenvalue weighted by Crippen LogP contribution is -2.30. The molecule has 25 heavy (non-hydrogen) atoms. The van der Waals surface area contributed by atoms with E-state index in [2.05, 4.69) is 59.0 Å². The van der Waals surface area contributed by atoms with Crippen molar-refractivity contribution in [3.8, 4) is 0 Å². The Morgan fingerprint density at radius 3 is 2.96 bits per heavy atom. The molecule has 1 amide bonds. The SMILES string of the molecule is O=C(CCCc1c[nH]c2ccccc12)NC1CCSc2ccccc21. The van der Waals surface area contributed by atoms with Crippen LogP contribution in [0.1, 0.15) is 36.4 Å². The minimum absolute atomic E-state index is 0.159. The molecule has 4 heteroatoms. The molecule has 128 valence electrons. The smallest absolute Gasteiger partial charge is 0.220 e. The van der Waals surface area contributed by atoms with E-state index in [1.807, 2.05) is 17.8 Å². The van der Waals surface area contributed by atoms with Gasteiger partial charge in [0.1, 0.15) is 0 Å². The Balaban J connectivity index is 1.33. The molecule has 1 atom stereocenters. The number of aryl methyl sites for hydroxylation is 1. The molecule has 0 fully saturated rings. The minimum Gasteiger partial charge on any atom is -0.361 e. The molecule has 0 bridgehead atoms. The fourth-order valence-electron chi connectivity index (χ4n) is 3.54. The van der Waals surface area contributed by atoms with Gasteiger partial charge in [-0.2, -0.15) is 0 Å². The van der Waals surface area contributed by atoms with Gasteiger partial charge in [-0.25, -0.2) is 0 Å². The molecule has 1 aliphatic rings. The highest BCUT2D eigenvalue weighted by molar-refractivity contribution is 7.99. The van der Waals surface area contributed by atoms with Crippen molar-refractivity contribution in [2.45, 2.75) is 36.6 Å². The summed E-state index contributed by atoms with van der Waals surface area (Å²) < 4.78 is 0. The molecule has 2 N–H and O–H groups in total. The molecule has 3 nitrogen and oxygen atoms in total. The van der Waals surface area contributed by atoms with Gasteiger partial charge in [-0.05, 0) is 42.5 Å². The first-order valence-corrected chi connectivity index (χ1v) is 9.86. The van der Waals surface area contributed by atoms with Crippen molar-refractivity contribution in [3.05, 3.63) is 65.9 Å². The number of H-pyrrole nitrogens is 1. The Morgan fingerprint density at radius 2 is 2.00 bits per heavy atom. The molecule has 0 saturated heterocycles. The molecule has 4 rings (SSSR count). The van der Waals surface area contributed by atoms with E-state index >= 15 is 0 Å². The number of nitrogens with one attached hydrogen (secondary N) is 2. The summed E-state index contributed by atoms with van der Waals surface area (Å²) in [7, 11) is 0. The highest BCUT2D eigenvalue weighted by Gasteiger charge is 2.21. The highest BCUT2D eigenvalue weighted by Crippen LogP contribution is 2.35. The molecule has 0 saturated carbocycles. The minimum atomic E-state index is 0.159. The van der Waals surface area contributed by atoms with E-state index in [1.54, 1.807) is 0 Å². The molecule has 2 aromatic carbocycles. The number of carbonyl (C=O) groups is 1. The van der Waals surface area contributed by atoms with Crippen molar-refractivity contribution < 1.29 is 4.79 Å². The largest absolute Gasteiger partial charge is 0.361 e. The van der Waals surface area contributed by atoms with Crippen LogP contribution in [-0.4, -0.2) is 16.6 Å². The van der Waals surface area contributed by atoms with E-state index in [9.17, 15) is 4.79 Å². The maximum Gasteiger partial charge on any atom is 0.220 e. The Hall–Kier alpha value is -2.20. The first kappa shape index (κ1) is 16.3. The Labute approximate surface area is 152 Å². The van der Waals surface area contributed by atoms with Crippen LogP contribution < -0.4 is 5.32 Å². The van der Waals surface area contributed by atoms with Crippen LogP contribution in [0.5, 0.6) is 0 Å². The zero-order valence-corrected chi connectivity index (χ0v) is 14.9. The molecule has 0 spiro atoms. The second-order valence-electron chi connectivity index (χ2n) is 6.51. The van der Waals surface area contributed by atoms with Crippen LogP contribution in [0, 0.1) is 0 Å². The molecule has 1 aliphatic heterocycles. The average Bonchev–Trinajstić information content (AvgIpc) is 3.05. The first-order chi connectivity index (χ1) is 12.3. The van der Waals surface area contributed by atoms with E-state index in [4.69, 9.17) is 0 Å². The second-order valence-corrected chi connectivity index (χ2v) is 7.64. The van der Waals surface area contributed by atoms with Crippen LogP contribution in [0.15, 0.2) is 59.6 Å². The number of thioether (sulfide) groups is 1. The van der Waals surface area contributed by atoms with E-state index in [0.29, 0.717) is 6.42 Å². The Bertz CT molecular complexity index is 886. The number of aromatic nitrogens is 1. The third-order valence-corrected chi connectivity index (χ3v) is 5.94. The first-order valence-electron chi connectivity index (χ1n) is 8.87. The van der Waals surface area contributed by atoms with Crippen LogP contribution in [0.4, 0.5) is 0 Å². The van der Waals surface area contributed by atoms with Crippen LogP contribution in [-0.2, 0) is 11.2 Å². The van der Waals surface area contributed by atoms with Crippen molar-refractivity contribution in [1.29, 1.82) is 0 Å². The third-order valence-electron chi connectivity index (χ3n) is 4.82. The summed E-state index contributed by atoms with van der Waals surface area (Å²) in [6, 6.07) is 16.9. The van der Waals surface area contributed by atoms with E-state index in [1.165, 1.54) is 26.9 Å². The molecular formula is C21H22N2OS. The fraction of sp³-hybridized carbons (Fsp3) is 0.286. The lowest BCUT2D eigenvalue weighted by Gasteiger charge is -2.25. The summed E-state index contributed by atoms with van der Waals surface area (Å²) in [6.07, 6.45) is 5.45. The Morgan fingerprint density at radius 1 is 1.16 bits per heavy atom. The number of fused-ring (bicyclic) bond motifs is 2. The van der Waals surface area contributed by atoms with Crippen molar-refractivity contribution in [2.75, 3.05) is 5.75 Å². The summed E-state index contributed by atoms with van der Waals surface area (Å²) in [5, 5.41) is 4.50. The maximum atomic E-state index is 12.4. The number of hydrogen-bond acceptors (Lipinski definition) is 2. The van der Waals surface area contributed by atoms with Gasteiger partial charge in [-0.3, -0.25) is 4.79 Å². The van der Waals surface area contributed by atoms with E-state index < -0.39 is 0 Å². The molecule has 0 aliphatic carbocycles. The average molecular weight is 350 g/mol. The number of amides is 1. The van der Waals surface area contributed by atoms with Gasteiger partial charge in [-0.1, -0.05) is 36.4 Å². The predicted octanol–water partition coefficient (Wildman–Crippen LogP) is 4.84. The lowest BCUT2D eigenvalue weighted by molar-refractivity contribution is -0.122. The van der Waals surface area contributed by atoms with Crippen LogP contribution in [0.25, 0.3) is 10.9 Å². The summed E-state index contributed by atoms with van der Waals surface area (Å²) in [4.78, 5) is 17.0. The zero-order chi connectivity index (χ0) is 17.1. The number of hydrogen-bond donors (Lipinski definition) is 2. The standard InChI is InChI=1S/C21H22N2OS/c24-21(23-19-12-13-25-20-10-4-2-8-17(19)20)11-5-6-15-14-22-18-9-3-1-7-16(15)18/h1-4,7-10,14,19,22H,5-6,11-13H2,(H,23,24). The quantitative estimate of drug-likeness (QED) is 0.691. The third kappa shape index (κ3) is 3.59. The summed E-state index contributed by atoms with van der Waals surface area (Å²) in [5.41, 5.74) is 3.73. The number of rotatable bonds is 5. The van der Waals surface area contributed by atoms with E-state index in [0.717, 1.165) is 25.0 Å². The van der Waals surface area contributed by atoms with Gasteiger partial charge >= 0.3 is 0 Å². The summed E-state index contributed by atoms with van der Waals surface area (Å²) in [6.45, 7) is 0. The van der Waals surface area contributed by atoms with Gasteiger partial charge < -0.3 is 10.3 Å². The number of benzene rings is 2. The summed E-state index contributed by atoms with van der Waals surface area (Å²) >= 11 is 1.88. The Kier molecular flexibility index (Phi) is 4.79. The topological polar surface area (TPSA) is 44.9 Å². The van der Waals surface area contributed by atoms with Crippen molar-refractivity contribution in [3.63, 3.8) is 0 Å². The van der Waals surface area contributed by atoms with Gasteiger partial charge in [0.2, 0.25) is 5.91 Å². The number of para-hydroxylation sites is 1. The predicted molar refractivity (Wildman–Crippen MR) is 104 cm³/mol. The van der Waals surface area contributed by atoms with Gasteiger partial charge in [0.05, 0.1) is 6.04 Å². The highest BCUT2D eigenvalue weighted by atomic mass is 32.2. The maximum absolute atomic E-state index is 12.4. The fourth-order valence-corrected chi connectivity index (χ4v) is 4.66. The monoisotopic (exact) mass is 350 g/mol. The molecule has 2 heterocycles. The molecule has 1 unspecified atom stereocenters.